The summed E-state index contributed by atoms with van der Waals surface area (Å²) in [5.41, 5.74) is -0.214. The van der Waals surface area contributed by atoms with Crippen LogP contribution in [0.15, 0.2) is 11.6 Å². The molecule has 0 aromatic carbocycles. The van der Waals surface area contributed by atoms with Crippen LogP contribution >= 0.6 is 0 Å². The predicted molar refractivity (Wildman–Crippen MR) is 135 cm³/mol. The molecule has 4 saturated carbocycles. The number of rotatable bonds is 2. The van der Waals surface area contributed by atoms with E-state index in [-0.39, 0.29) is 34.7 Å². The van der Waals surface area contributed by atoms with Crippen LogP contribution in [0.4, 0.5) is 0 Å². The standard InChI is InChI=1S/C30H48O5/c1-17-9-12-30(25(34)35)14-13-28(5)19(23(30)18(17)2)7-8-22-26(3)15-20(32)24(33)27(4,16-31)21(26)10-11-29(22,28)6/h7,17-18,20-24,31-33H,8-16H2,1-6H3,(H,34,35)/t17-,18+,20-,21?,22?,23?,24+,26+,27?,28-,29-,30+/m1/s1. The number of carbonyl (C=O) groups is 1. The van der Waals surface area contributed by atoms with Crippen molar-refractivity contribution in [1.82, 2.24) is 0 Å². The minimum absolute atomic E-state index is 0.00815. The molecule has 4 fully saturated rings. The molecule has 0 aliphatic heterocycles. The Kier molecular flexibility index (Phi) is 5.73. The highest BCUT2D eigenvalue weighted by Gasteiger charge is 2.70. The van der Waals surface area contributed by atoms with Crippen LogP contribution in [0.2, 0.25) is 0 Å². The number of aliphatic hydroxyl groups is 3. The number of hydrogen-bond acceptors (Lipinski definition) is 4. The molecule has 5 rings (SSSR count). The molecule has 35 heavy (non-hydrogen) atoms. The fraction of sp³-hybridized carbons (Fsp3) is 0.900. The van der Waals surface area contributed by atoms with E-state index < -0.39 is 29.0 Å². The second-order valence-electron chi connectivity index (χ2n) is 14.5. The van der Waals surface area contributed by atoms with Gasteiger partial charge in [0, 0.05) is 5.41 Å². The molecular formula is C30H48O5. The van der Waals surface area contributed by atoms with Gasteiger partial charge in [0.15, 0.2) is 0 Å². The van der Waals surface area contributed by atoms with E-state index in [0.717, 1.165) is 44.9 Å². The first-order valence-corrected chi connectivity index (χ1v) is 14.1. The first-order chi connectivity index (χ1) is 16.2. The number of carboxylic acid groups (broad SMARTS) is 1. The number of carboxylic acids is 1. The van der Waals surface area contributed by atoms with E-state index in [1.807, 2.05) is 6.92 Å². The van der Waals surface area contributed by atoms with Crippen molar-refractivity contribution in [3.05, 3.63) is 11.6 Å². The van der Waals surface area contributed by atoms with Gasteiger partial charge in [-0.05, 0) is 97.2 Å². The molecule has 0 saturated heterocycles. The Labute approximate surface area is 211 Å². The normalized spacial score (nSPS) is 57.7. The topological polar surface area (TPSA) is 98.0 Å². The van der Waals surface area contributed by atoms with Crippen LogP contribution in [0, 0.1) is 56.7 Å². The monoisotopic (exact) mass is 488 g/mol. The zero-order chi connectivity index (χ0) is 25.8. The van der Waals surface area contributed by atoms with E-state index in [0.29, 0.717) is 24.2 Å². The Morgan fingerprint density at radius 1 is 1.00 bits per heavy atom. The zero-order valence-electron chi connectivity index (χ0n) is 22.7. The van der Waals surface area contributed by atoms with Crippen LogP contribution in [-0.2, 0) is 4.79 Å². The molecule has 0 heterocycles. The highest BCUT2D eigenvalue weighted by atomic mass is 16.4. The third kappa shape index (κ3) is 2.95. The molecule has 0 spiro atoms. The van der Waals surface area contributed by atoms with Crippen LogP contribution in [-0.4, -0.2) is 45.2 Å². The molecule has 12 atom stereocenters. The lowest BCUT2D eigenvalue weighted by atomic mass is 9.33. The molecule has 5 nitrogen and oxygen atoms in total. The van der Waals surface area contributed by atoms with Crippen LogP contribution < -0.4 is 0 Å². The molecule has 4 N–H and O–H groups in total. The van der Waals surface area contributed by atoms with E-state index in [1.165, 1.54) is 5.57 Å². The van der Waals surface area contributed by atoms with E-state index in [2.05, 4.69) is 40.7 Å². The summed E-state index contributed by atoms with van der Waals surface area (Å²) >= 11 is 0. The van der Waals surface area contributed by atoms with Crippen LogP contribution in [0.3, 0.4) is 0 Å². The molecule has 0 aromatic heterocycles. The number of aliphatic carboxylic acids is 1. The Hall–Kier alpha value is -0.910. The number of aliphatic hydroxyl groups excluding tert-OH is 3. The number of hydrogen-bond donors (Lipinski definition) is 4. The average molecular weight is 489 g/mol. The SMILES string of the molecule is C[C@@H]1CC[C@]2(C(=O)O)CC[C@]3(C)C(=CCC4[C@@]5(C)C[C@@H](O)[C@H](O)C(C)(CO)C5CC[C@]43C)C2[C@H]1C. The lowest BCUT2D eigenvalue weighted by Gasteiger charge is -2.71. The van der Waals surface area contributed by atoms with Crippen molar-refractivity contribution < 1.29 is 25.2 Å². The van der Waals surface area contributed by atoms with E-state index >= 15 is 0 Å². The summed E-state index contributed by atoms with van der Waals surface area (Å²) in [5.74, 6) is 0.828. The lowest BCUT2D eigenvalue weighted by Crippen LogP contribution is -2.68. The summed E-state index contributed by atoms with van der Waals surface area (Å²) in [6.45, 7) is 13.6. The minimum Gasteiger partial charge on any atom is -0.481 e. The second kappa shape index (κ2) is 7.80. The van der Waals surface area contributed by atoms with Gasteiger partial charge in [0.2, 0.25) is 0 Å². The molecule has 5 aliphatic carbocycles. The number of allylic oxidation sites excluding steroid dienone is 2. The molecule has 5 heteroatoms. The van der Waals surface area contributed by atoms with Crippen molar-refractivity contribution in [3.63, 3.8) is 0 Å². The van der Waals surface area contributed by atoms with Gasteiger partial charge in [-0.15, -0.1) is 0 Å². The molecule has 0 amide bonds. The van der Waals surface area contributed by atoms with Crippen LogP contribution in [0.1, 0.15) is 92.9 Å². The maximum Gasteiger partial charge on any atom is 0.310 e. The number of fused-ring (bicyclic) bond motifs is 7. The van der Waals surface area contributed by atoms with Crippen molar-refractivity contribution in [2.75, 3.05) is 6.61 Å². The Balaban J connectivity index is 1.62. The molecular weight excluding hydrogens is 440 g/mol. The van der Waals surface area contributed by atoms with E-state index in [1.54, 1.807) is 0 Å². The summed E-state index contributed by atoms with van der Waals surface area (Å²) in [6, 6.07) is 0. The van der Waals surface area contributed by atoms with Gasteiger partial charge in [0.25, 0.3) is 0 Å². The summed E-state index contributed by atoms with van der Waals surface area (Å²) < 4.78 is 0. The smallest absolute Gasteiger partial charge is 0.310 e. The van der Waals surface area contributed by atoms with Gasteiger partial charge in [-0.3, -0.25) is 4.79 Å². The molecule has 198 valence electrons. The van der Waals surface area contributed by atoms with Crippen molar-refractivity contribution in [1.29, 1.82) is 0 Å². The average Bonchev–Trinajstić information content (AvgIpc) is 2.80. The fourth-order valence-corrected chi connectivity index (χ4v) is 11.0. The van der Waals surface area contributed by atoms with Gasteiger partial charge in [0.1, 0.15) is 0 Å². The first-order valence-electron chi connectivity index (χ1n) is 14.1. The molecule has 0 aromatic rings. The Bertz CT molecular complexity index is 930. The molecule has 0 bridgehead atoms. The van der Waals surface area contributed by atoms with Gasteiger partial charge in [-0.2, -0.15) is 0 Å². The van der Waals surface area contributed by atoms with Crippen molar-refractivity contribution in [2.24, 2.45) is 56.7 Å². The van der Waals surface area contributed by atoms with Gasteiger partial charge in [-0.1, -0.05) is 53.2 Å². The highest BCUT2D eigenvalue weighted by molar-refractivity contribution is 5.76. The van der Waals surface area contributed by atoms with Gasteiger partial charge >= 0.3 is 5.97 Å². The quantitative estimate of drug-likeness (QED) is 0.409. The first kappa shape index (κ1) is 25.7. The molecule has 5 aliphatic rings. The minimum atomic E-state index is -0.907. The third-order valence-corrected chi connectivity index (χ3v) is 13.5. The summed E-state index contributed by atoms with van der Waals surface area (Å²) in [4.78, 5) is 12.8. The largest absolute Gasteiger partial charge is 0.481 e. The van der Waals surface area contributed by atoms with E-state index in [9.17, 15) is 25.2 Å². The predicted octanol–water partition coefficient (Wildman–Crippen LogP) is 5.03. The van der Waals surface area contributed by atoms with Gasteiger partial charge in [-0.25, -0.2) is 0 Å². The summed E-state index contributed by atoms with van der Waals surface area (Å²) in [7, 11) is 0. The van der Waals surface area contributed by atoms with Gasteiger partial charge < -0.3 is 20.4 Å². The Morgan fingerprint density at radius 3 is 2.31 bits per heavy atom. The summed E-state index contributed by atoms with van der Waals surface area (Å²) in [6.07, 6.45) is 7.51. The zero-order valence-corrected chi connectivity index (χ0v) is 22.7. The molecule has 0 radical (unpaired) electrons. The van der Waals surface area contributed by atoms with Crippen LogP contribution in [0.5, 0.6) is 0 Å². The maximum absolute atomic E-state index is 12.8. The van der Waals surface area contributed by atoms with Crippen LogP contribution in [0.25, 0.3) is 0 Å². The second-order valence-corrected chi connectivity index (χ2v) is 14.5. The van der Waals surface area contributed by atoms with Crippen molar-refractivity contribution in [3.8, 4) is 0 Å². The Morgan fingerprint density at radius 2 is 1.69 bits per heavy atom. The third-order valence-electron chi connectivity index (χ3n) is 13.5. The summed E-state index contributed by atoms with van der Waals surface area (Å²) in [5, 5.41) is 42.9. The maximum atomic E-state index is 12.8. The van der Waals surface area contributed by atoms with E-state index in [4.69, 9.17) is 0 Å². The highest BCUT2D eigenvalue weighted by Crippen LogP contribution is 2.75. The fourth-order valence-electron chi connectivity index (χ4n) is 11.0. The molecule has 4 unspecified atom stereocenters. The lowest BCUT2D eigenvalue weighted by molar-refractivity contribution is -0.244. The van der Waals surface area contributed by atoms with Crippen molar-refractivity contribution >= 4 is 5.97 Å². The van der Waals surface area contributed by atoms with Crippen molar-refractivity contribution in [2.45, 2.75) is 105 Å². The van der Waals surface area contributed by atoms with Gasteiger partial charge in [0.05, 0.1) is 24.2 Å².